The molecular weight excluding hydrogens is 372 g/mol. The number of nitrogens with zero attached hydrogens (tertiary/aromatic N) is 4. The molecule has 0 aliphatic carbocycles. The largest absolute Gasteiger partial charge is 0.367 e. The molecule has 1 fully saturated rings. The normalized spacial score (nSPS) is 16.9. The van der Waals surface area contributed by atoms with Gasteiger partial charge in [0.25, 0.3) is 0 Å². The Balaban J connectivity index is 1.68. The summed E-state index contributed by atoms with van der Waals surface area (Å²) in [6, 6.07) is 15.9. The molecule has 1 saturated heterocycles. The molecule has 2 heterocycles. The van der Waals surface area contributed by atoms with Gasteiger partial charge in [0, 0.05) is 48.3 Å². The van der Waals surface area contributed by atoms with Crippen LogP contribution in [0.5, 0.6) is 0 Å². The first kappa shape index (κ1) is 18.4. The zero-order valence-corrected chi connectivity index (χ0v) is 16.4. The van der Waals surface area contributed by atoms with Gasteiger partial charge in [0.05, 0.1) is 12.2 Å². The number of hydrogen-bond donors (Lipinski definition) is 0. The van der Waals surface area contributed by atoms with Crippen LogP contribution in [-0.4, -0.2) is 35.4 Å². The first-order valence-corrected chi connectivity index (χ1v) is 9.64. The Hall–Kier alpha value is -2.92. The van der Waals surface area contributed by atoms with E-state index in [1.54, 1.807) is 25.5 Å². The van der Waals surface area contributed by atoms with E-state index in [1.807, 2.05) is 42.5 Å². The van der Waals surface area contributed by atoms with Gasteiger partial charge in [-0.25, -0.2) is 4.98 Å². The van der Waals surface area contributed by atoms with E-state index >= 15 is 0 Å². The number of aromatic nitrogens is 2. The Kier molecular flexibility index (Phi) is 5.26. The van der Waals surface area contributed by atoms with Crippen molar-refractivity contribution in [3.8, 4) is 0 Å². The van der Waals surface area contributed by atoms with Crippen LogP contribution < -0.4 is 9.80 Å². The third kappa shape index (κ3) is 3.85. The third-order valence-corrected chi connectivity index (χ3v) is 5.33. The van der Waals surface area contributed by atoms with Crippen molar-refractivity contribution in [2.45, 2.75) is 13.0 Å². The van der Waals surface area contributed by atoms with Gasteiger partial charge in [-0.1, -0.05) is 41.9 Å². The van der Waals surface area contributed by atoms with E-state index in [2.05, 4.69) is 25.8 Å². The van der Waals surface area contributed by atoms with E-state index in [9.17, 15) is 4.79 Å². The van der Waals surface area contributed by atoms with Crippen molar-refractivity contribution >= 4 is 28.9 Å². The number of Topliss-reactive ketones (excluding diaryl/α,β-unsaturated/α-hetero) is 1. The summed E-state index contributed by atoms with van der Waals surface area (Å²) in [5.41, 5.74) is 2.97. The fourth-order valence-electron chi connectivity index (χ4n) is 3.63. The maximum Gasteiger partial charge on any atom is 0.159 e. The van der Waals surface area contributed by atoms with E-state index in [-0.39, 0.29) is 11.8 Å². The number of rotatable bonds is 4. The van der Waals surface area contributed by atoms with Crippen LogP contribution in [0.1, 0.15) is 28.9 Å². The number of anilines is 2. The fourth-order valence-corrected chi connectivity index (χ4v) is 3.81. The van der Waals surface area contributed by atoms with Crippen molar-refractivity contribution in [2.75, 3.05) is 29.4 Å². The van der Waals surface area contributed by atoms with Gasteiger partial charge in [-0.3, -0.25) is 9.78 Å². The highest BCUT2D eigenvalue weighted by molar-refractivity contribution is 6.30. The van der Waals surface area contributed by atoms with Crippen molar-refractivity contribution < 1.29 is 4.79 Å². The van der Waals surface area contributed by atoms with Crippen LogP contribution in [-0.2, 0) is 0 Å². The molecule has 1 aliphatic rings. The molecule has 1 aliphatic heterocycles. The molecule has 142 valence electrons. The average Bonchev–Trinajstić information content (AvgIpc) is 2.74. The first-order valence-electron chi connectivity index (χ1n) is 9.26. The highest BCUT2D eigenvalue weighted by Crippen LogP contribution is 2.32. The second-order valence-electron chi connectivity index (χ2n) is 6.88. The highest BCUT2D eigenvalue weighted by atomic mass is 35.5. The molecule has 1 aromatic heterocycles. The molecular formula is C22H21ClN4O. The lowest BCUT2D eigenvalue weighted by Gasteiger charge is -2.43. The maximum atomic E-state index is 11.6. The van der Waals surface area contributed by atoms with Crippen LogP contribution >= 0.6 is 11.6 Å². The number of benzene rings is 2. The molecule has 2 aromatic carbocycles. The molecule has 0 radical (unpaired) electrons. The lowest BCUT2D eigenvalue weighted by atomic mass is 9.99. The van der Waals surface area contributed by atoms with Crippen LogP contribution in [0.2, 0.25) is 5.02 Å². The van der Waals surface area contributed by atoms with Crippen molar-refractivity contribution in [1.82, 2.24) is 9.97 Å². The van der Waals surface area contributed by atoms with Gasteiger partial charge in [0.2, 0.25) is 0 Å². The summed E-state index contributed by atoms with van der Waals surface area (Å²) >= 11 is 6.20. The SMILES string of the molecule is CC(=O)c1ccc(C2CN(c3cccc(Cl)c3)CCN2c2cnccn2)cc1. The van der Waals surface area contributed by atoms with Gasteiger partial charge < -0.3 is 9.80 Å². The summed E-state index contributed by atoms with van der Waals surface area (Å²) < 4.78 is 0. The molecule has 5 nitrogen and oxygen atoms in total. The van der Waals surface area contributed by atoms with Crippen LogP contribution in [0.3, 0.4) is 0 Å². The monoisotopic (exact) mass is 392 g/mol. The van der Waals surface area contributed by atoms with E-state index in [0.29, 0.717) is 0 Å². The van der Waals surface area contributed by atoms with Crippen molar-refractivity contribution in [3.05, 3.63) is 83.3 Å². The van der Waals surface area contributed by atoms with Gasteiger partial charge in [0.15, 0.2) is 5.78 Å². The first-order chi connectivity index (χ1) is 13.6. The summed E-state index contributed by atoms with van der Waals surface area (Å²) in [5, 5.41) is 0.733. The molecule has 1 unspecified atom stereocenters. The summed E-state index contributed by atoms with van der Waals surface area (Å²) in [6.07, 6.45) is 5.20. The van der Waals surface area contributed by atoms with Crippen LogP contribution in [0.15, 0.2) is 67.1 Å². The highest BCUT2D eigenvalue weighted by Gasteiger charge is 2.29. The van der Waals surface area contributed by atoms with Crippen LogP contribution in [0.25, 0.3) is 0 Å². The molecule has 0 spiro atoms. The molecule has 1 atom stereocenters. The molecule has 3 aromatic rings. The predicted octanol–water partition coefficient (Wildman–Crippen LogP) is 4.40. The quantitative estimate of drug-likeness (QED) is 0.616. The molecule has 0 N–H and O–H groups in total. The fraction of sp³-hybridized carbons (Fsp3) is 0.227. The summed E-state index contributed by atoms with van der Waals surface area (Å²) in [5.74, 6) is 0.926. The molecule has 6 heteroatoms. The number of carbonyl (C=O) groups is 1. The van der Waals surface area contributed by atoms with E-state index < -0.39 is 0 Å². The minimum absolute atomic E-state index is 0.0709. The second kappa shape index (κ2) is 7.98. The molecule has 4 rings (SSSR count). The van der Waals surface area contributed by atoms with Gasteiger partial charge >= 0.3 is 0 Å². The van der Waals surface area contributed by atoms with Gasteiger partial charge in [-0.05, 0) is 30.7 Å². The Morgan fingerprint density at radius 1 is 1.11 bits per heavy atom. The number of halogens is 1. The van der Waals surface area contributed by atoms with Crippen molar-refractivity contribution in [1.29, 1.82) is 0 Å². The minimum atomic E-state index is 0.0709. The van der Waals surface area contributed by atoms with Gasteiger partial charge in [-0.2, -0.15) is 0 Å². The summed E-state index contributed by atoms with van der Waals surface area (Å²) in [6.45, 7) is 4.04. The summed E-state index contributed by atoms with van der Waals surface area (Å²) in [4.78, 5) is 25.0. The van der Waals surface area contributed by atoms with E-state index in [4.69, 9.17) is 11.6 Å². The minimum Gasteiger partial charge on any atom is -0.367 e. The molecule has 0 bridgehead atoms. The maximum absolute atomic E-state index is 11.6. The third-order valence-electron chi connectivity index (χ3n) is 5.10. The number of carbonyl (C=O) groups excluding carboxylic acids is 1. The van der Waals surface area contributed by atoms with Gasteiger partial charge in [0.1, 0.15) is 5.82 Å². The van der Waals surface area contributed by atoms with E-state index in [1.165, 1.54) is 0 Å². The second-order valence-corrected chi connectivity index (χ2v) is 7.31. The zero-order chi connectivity index (χ0) is 19.5. The Morgan fingerprint density at radius 3 is 2.61 bits per heavy atom. The lowest BCUT2D eigenvalue weighted by Crippen LogP contribution is -2.49. The topological polar surface area (TPSA) is 49.3 Å². The molecule has 0 saturated carbocycles. The van der Waals surface area contributed by atoms with Gasteiger partial charge in [-0.15, -0.1) is 0 Å². The van der Waals surface area contributed by atoms with Crippen LogP contribution in [0.4, 0.5) is 11.5 Å². The van der Waals surface area contributed by atoms with E-state index in [0.717, 1.165) is 47.3 Å². The van der Waals surface area contributed by atoms with Crippen molar-refractivity contribution in [2.24, 2.45) is 0 Å². The number of piperazine rings is 1. The standard InChI is InChI=1S/C22H21ClN4O/c1-16(28)17-5-7-18(8-6-17)21-15-26(20-4-2-3-19(23)13-20)11-12-27(21)22-14-24-9-10-25-22/h2-10,13-14,21H,11-12,15H2,1H3. The number of hydrogen-bond acceptors (Lipinski definition) is 5. The smallest absolute Gasteiger partial charge is 0.159 e. The number of ketones is 1. The van der Waals surface area contributed by atoms with Crippen molar-refractivity contribution in [3.63, 3.8) is 0 Å². The zero-order valence-electron chi connectivity index (χ0n) is 15.6. The van der Waals surface area contributed by atoms with Crippen LogP contribution in [0, 0.1) is 0 Å². The Labute approximate surface area is 169 Å². The Morgan fingerprint density at radius 2 is 1.93 bits per heavy atom. The molecule has 0 amide bonds. The lowest BCUT2D eigenvalue weighted by molar-refractivity contribution is 0.101. The molecule has 28 heavy (non-hydrogen) atoms. The Bertz CT molecular complexity index is 962. The predicted molar refractivity (Wildman–Crippen MR) is 112 cm³/mol. The summed E-state index contributed by atoms with van der Waals surface area (Å²) in [7, 11) is 0. The average molecular weight is 393 g/mol.